The van der Waals surface area contributed by atoms with Gasteiger partial charge in [-0.05, 0) is 60.2 Å². The van der Waals surface area contributed by atoms with Gasteiger partial charge in [0.15, 0.2) is 6.10 Å². The van der Waals surface area contributed by atoms with Crippen LogP contribution in [0.4, 0.5) is 5.69 Å². The Hall–Kier alpha value is -3.81. The molecule has 140 valence electrons. The van der Waals surface area contributed by atoms with E-state index >= 15 is 0 Å². The molecule has 8 nitrogen and oxygen atoms in total. The number of hydrogen-bond acceptors (Lipinski definition) is 6. The van der Waals surface area contributed by atoms with Crippen molar-refractivity contribution in [2.75, 3.05) is 5.32 Å². The van der Waals surface area contributed by atoms with Crippen molar-refractivity contribution in [1.29, 1.82) is 0 Å². The van der Waals surface area contributed by atoms with Crippen LogP contribution in [0.2, 0.25) is 0 Å². The number of carbonyl (C=O) groups is 1. The summed E-state index contributed by atoms with van der Waals surface area (Å²) < 4.78 is 7.32. The number of nitrogens with one attached hydrogen (secondary N) is 1. The Labute approximate surface area is 161 Å². The van der Waals surface area contributed by atoms with Gasteiger partial charge in [0, 0.05) is 11.6 Å². The van der Waals surface area contributed by atoms with Crippen molar-refractivity contribution in [1.82, 2.24) is 25.2 Å². The summed E-state index contributed by atoms with van der Waals surface area (Å²) in [7, 11) is 0. The van der Waals surface area contributed by atoms with Crippen LogP contribution < -0.4 is 10.1 Å². The summed E-state index contributed by atoms with van der Waals surface area (Å²) >= 11 is 0. The molecule has 1 unspecified atom stereocenters. The van der Waals surface area contributed by atoms with Crippen LogP contribution in [0.25, 0.3) is 16.6 Å². The van der Waals surface area contributed by atoms with Crippen molar-refractivity contribution in [3.63, 3.8) is 0 Å². The number of aryl methyl sites for hydroxylation is 1. The van der Waals surface area contributed by atoms with Gasteiger partial charge in [0.2, 0.25) is 0 Å². The molecule has 0 saturated heterocycles. The number of fused-ring (bicyclic) bond motifs is 1. The van der Waals surface area contributed by atoms with Gasteiger partial charge in [0.25, 0.3) is 5.91 Å². The number of nitrogens with zero attached hydrogens (tertiary/aromatic N) is 5. The summed E-state index contributed by atoms with van der Waals surface area (Å²) in [5, 5.41) is 15.0. The second kappa shape index (κ2) is 7.43. The van der Waals surface area contributed by atoms with Gasteiger partial charge in [-0.15, -0.1) is 5.10 Å². The molecule has 0 aliphatic carbocycles. The number of pyridine rings is 1. The van der Waals surface area contributed by atoms with Crippen LogP contribution in [0.5, 0.6) is 5.75 Å². The fourth-order valence-electron chi connectivity index (χ4n) is 2.84. The van der Waals surface area contributed by atoms with Crippen molar-refractivity contribution < 1.29 is 9.53 Å². The van der Waals surface area contributed by atoms with Gasteiger partial charge in [0.1, 0.15) is 12.1 Å². The summed E-state index contributed by atoms with van der Waals surface area (Å²) in [6, 6.07) is 14.9. The summed E-state index contributed by atoms with van der Waals surface area (Å²) in [4.78, 5) is 17.1. The highest BCUT2D eigenvalue weighted by molar-refractivity contribution is 6.03. The minimum Gasteiger partial charge on any atom is -0.481 e. The van der Waals surface area contributed by atoms with Crippen molar-refractivity contribution >= 4 is 22.5 Å². The van der Waals surface area contributed by atoms with Crippen LogP contribution in [0.1, 0.15) is 12.5 Å². The van der Waals surface area contributed by atoms with Gasteiger partial charge in [-0.3, -0.25) is 9.78 Å². The molecule has 1 amide bonds. The molecule has 0 spiro atoms. The third-order valence-electron chi connectivity index (χ3n) is 4.36. The van der Waals surface area contributed by atoms with Crippen molar-refractivity contribution in [2.24, 2.45) is 0 Å². The number of hydrogen-bond donors (Lipinski definition) is 1. The fourth-order valence-corrected chi connectivity index (χ4v) is 2.84. The lowest BCUT2D eigenvalue weighted by molar-refractivity contribution is -0.122. The average molecular weight is 374 g/mol. The lowest BCUT2D eigenvalue weighted by Crippen LogP contribution is -2.30. The Morgan fingerprint density at radius 1 is 1.14 bits per heavy atom. The Bertz CT molecular complexity index is 1110. The average Bonchev–Trinajstić information content (AvgIpc) is 3.25. The SMILES string of the molecule is Cc1ccc2cccnc2c1NC(=O)C(C)Oc1ccc(-n2cnnn2)cc1. The summed E-state index contributed by atoms with van der Waals surface area (Å²) in [6.07, 6.45) is 2.54. The highest BCUT2D eigenvalue weighted by Gasteiger charge is 2.17. The van der Waals surface area contributed by atoms with Gasteiger partial charge in [-0.2, -0.15) is 0 Å². The molecule has 0 bridgehead atoms. The van der Waals surface area contributed by atoms with Gasteiger partial charge in [-0.25, -0.2) is 4.68 Å². The minimum absolute atomic E-state index is 0.245. The molecular formula is C20H18N6O2. The second-order valence-electron chi connectivity index (χ2n) is 6.33. The van der Waals surface area contributed by atoms with E-state index in [1.54, 1.807) is 25.3 Å². The van der Waals surface area contributed by atoms with E-state index in [0.717, 1.165) is 22.2 Å². The molecule has 0 radical (unpaired) electrons. The fraction of sp³-hybridized carbons (Fsp3) is 0.150. The zero-order valence-electron chi connectivity index (χ0n) is 15.4. The first-order valence-electron chi connectivity index (χ1n) is 8.77. The molecule has 0 aliphatic heterocycles. The molecule has 1 N–H and O–H groups in total. The van der Waals surface area contributed by atoms with E-state index in [1.165, 1.54) is 11.0 Å². The smallest absolute Gasteiger partial charge is 0.265 e. The van der Waals surface area contributed by atoms with E-state index in [1.807, 2.05) is 43.3 Å². The van der Waals surface area contributed by atoms with Crippen LogP contribution in [0, 0.1) is 6.92 Å². The van der Waals surface area contributed by atoms with E-state index in [4.69, 9.17) is 4.74 Å². The first kappa shape index (κ1) is 17.6. The predicted octanol–water partition coefficient (Wildman–Crippen LogP) is 2.92. The summed E-state index contributed by atoms with van der Waals surface area (Å²) in [5.41, 5.74) is 3.20. The number of tetrazole rings is 1. The van der Waals surface area contributed by atoms with Crippen molar-refractivity contribution in [2.45, 2.75) is 20.0 Å². The topological polar surface area (TPSA) is 94.8 Å². The molecule has 2 heterocycles. The van der Waals surface area contributed by atoms with Crippen molar-refractivity contribution in [3.05, 3.63) is 66.6 Å². The van der Waals surface area contributed by atoms with Gasteiger partial charge < -0.3 is 10.1 Å². The van der Waals surface area contributed by atoms with Gasteiger partial charge in [0.05, 0.1) is 16.9 Å². The Morgan fingerprint density at radius 3 is 2.71 bits per heavy atom. The van der Waals surface area contributed by atoms with Crippen LogP contribution in [0.3, 0.4) is 0 Å². The molecule has 0 aliphatic rings. The number of rotatable bonds is 5. The molecule has 0 fully saturated rings. The number of benzene rings is 2. The highest BCUT2D eigenvalue weighted by Crippen LogP contribution is 2.25. The predicted molar refractivity (Wildman–Crippen MR) is 104 cm³/mol. The summed E-state index contributed by atoms with van der Waals surface area (Å²) in [6.45, 7) is 3.64. The molecule has 28 heavy (non-hydrogen) atoms. The standard InChI is InChI=1S/C20H18N6O2/c1-13-5-6-15-4-3-11-21-19(15)18(13)23-20(27)14(2)28-17-9-7-16(8-10-17)26-12-22-24-25-26/h3-12,14H,1-2H3,(H,23,27). The van der Waals surface area contributed by atoms with E-state index in [0.29, 0.717) is 11.4 Å². The second-order valence-corrected chi connectivity index (χ2v) is 6.33. The third-order valence-corrected chi connectivity index (χ3v) is 4.36. The van der Waals surface area contributed by atoms with Gasteiger partial charge >= 0.3 is 0 Å². The molecular weight excluding hydrogens is 356 g/mol. The van der Waals surface area contributed by atoms with Gasteiger partial charge in [-0.1, -0.05) is 18.2 Å². The van der Waals surface area contributed by atoms with E-state index in [-0.39, 0.29) is 5.91 Å². The molecule has 4 aromatic rings. The zero-order chi connectivity index (χ0) is 19.5. The first-order valence-corrected chi connectivity index (χ1v) is 8.77. The molecule has 4 rings (SSSR count). The van der Waals surface area contributed by atoms with Crippen LogP contribution in [-0.2, 0) is 4.79 Å². The largest absolute Gasteiger partial charge is 0.481 e. The zero-order valence-corrected chi connectivity index (χ0v) is 15.4. The number of amides is 1. The van der Waals surface area contributed by atoms with E-state index in [2.05, 4.69) is 25.8 Å². The third kappa shape index (κ3) is 3.52. The maximum Gasteiger partial charge on any atom is 0.265 e. The Balaban J connectivity index is 1.48. The summed E-state index contributed by atoms with van der Waals surface area (Å²) in [5.74, 6) is 0.332. The molecule has 2 aromatic carbocycles. The van der Waals surface area contributed by atoms with E-state index < -0.39 is 6.10 Å². The Kier molecular flexibility index (Phi) is 4.67. The molecule has 1 atom stereocenters. The highest BCUT2D eigenvalue weighted by atomic mass is 16.5. The minimum atomic E-state index is -0.683. The van der Waals surface area contributed by atoms with E-state index in [9.17, 15) is 4.79 Å². The lowest BCUT2D eigenvalue weighted by atomic mass is 10.1. The van der Waals surface area contributed by atoms with Crippen LogP contribution in [0.15, 0.2) is 61.1 Å². The molecule has 0 saturated carbocycles. The quantitative estimate of drug-likeness (QED) is 0.577. The Morgan fingerprint density at radius 2 is 1.96 bits per heavy atom. The van der Waals surface area contributed by atoms with Crippen LogP contribution >= 0.6 is 0 Å². The monoisotopic (exact) mass is 374 g/mol. The molecule has 2 aromatic heterocycles. The number of anilines is 1. The maximum atomic E-state index is 12.7. The first-order chi connectivity index (χ1) is 13.6. The molecule has 8 heteroatoms. The maximum absolute atomic E-state index is 12.7. The normalized spacial score (nSPS) is 11.9. The lowest BCUT2D eigenvalue weighted by Gasteiger charge is -2.17. The number of ether oxygens (including phenoxy) is 1. The number of carbonyl (C=O) groups excluding carboxylic acids is 1. The van der Waals surface area contributed by atoms with Crippen LogP contribution in [-0.4, -0.2) is 37.2 Å². The van der Waals surface area contributed by atoms with Crippen molar-refractivity contribution in [3.8, 4) is 11.4 Å². The number of aromatic nitrogens is 5.